The Kier molecular flexibility index (Phi) is 3.34. The first-order chi connectivity index (χ1) is 9.66. The van der Waals surface area contributed by atoms with Crippen LogP contribution < -0.4 is 11.5 Å². The van der Waals surface area contributed by atoms with E-state index in [0.29, 0.717) is 11.6 Å². The van der Waals surface area contributed by atoms with Crippen molar-refractivity contribution in [1.82, 2.24) is 9.55 Å². The molecule has 1 saturated carbocycles. The molecule has 0 radical (unpaired) electrons. The SMILES string of the molecule is NC(=O)Cn1c(C2CCCCC2)nc2c(N)cccc21. The summed E-state index contributed by atoms with van der Waals surface area (Å²) in [6.45, 7) is 0.172. The topological polar surface area (TPSA) is 86.9 Å². The molecule has 1 aliphatic carbocycles. The quantitative estimate of drug-likeness (QED) is 0.839. The second-order valence-electron chi connectivity index (χ2n) is 5.57. The maximum atomic E-state index is 11.4. The van der Waals surface area contributed by atoms with Crippen LogP contribution in [-0.2, 0) is 11.3 Å². The first kappa shape index (κ1) is 13.0. The number of aromatic nitrogens is 2. The van der Waals surface area contributed by atoms with Gasteiger partial charge in [0.15, 0.2) is 0 Å². The zero-order valence-electron chi connectivity index (χ0n) is 11.5. The fourth-order valence-corrected chi connectivity index (χ4v) is 3.18. The lowest BCUT2D eigenvalue weighted by Gasteiger charge is -2.21. The van der Waals surface area contributed by atoms with Crippen molar-refractivity contribution in [1.29, 1.82) is 0 Å². The molecule has 0 spiro atoms. The third-order valence-electron chi connectivity index (χ3n) is 4.12. The smallest absolute Gasteiger partial charge is 0.237 e. The molecule has 0 saturated heterocycles. The Morgan fingerprint density at radius 1 is 1.30 bits per heavy atom. The van der Waals surface area contributed by atoms with Crippen molar-refractivity contribution in [3.8, 4) is 0 Å². The first-order valence-electron chi connectivity index (χ1n) is 7.19. The van der Waals surface area contributed by atoms with Crippen LogP contribution in [0.5, 0.6) is 0 Å². The van der Waals surface area contributed by atoms with Gasteiger partial charge < -0.3 is 16.0 Å². The van der Waals surface area contributed by atoms with Crippen LogP contribution in [0, 0.1) is 0 Å². The third kappa shape index (κ3) is 2.24. The summed E-state index contributed by atoms with van der Waals surface area (Å²) in [5.74, 6) is 1.04. The zero-order chi connectivity index (χ0) is 14.1. The molecule has 1 aromatic heterocycles. The molecule has 106 valence electrons. The highest BCUT2D eigenvalue weighted by Crippen LogP contribution is 2.34. The van der Waals surface area contributed by atoms with Gasteiger partial charge >= 0.3 is 0 Å². The van der Waals surface area contributed by atoms with E-state index in [0.717, 1.165) is 29.7 Å². The number of benzene rings is 1. The molecule has 0 atom stereocenters. The van der Waals surface area contributed by atoms with Crippen molar-refractivity contribution in [3.05, 3.63) is 24.0 Å². The van der Waals surface area contributed by atoms with Gasteiger partial charge in [-0.05, 0) is 25.0 Å². The zero-order valence-corrected chi connectivity index (χ0v) is 11.5. The van der Waals surface area contributed by atoms with Crippen LogP contribution in [0.25, 0.3) is 11.0 Å². The lowest BCUT2D eigenvalue weighted by Crippen LogP contribution is -2.21. The van der Waals surface area contributed by atoms with Gasteiger partial charge in [-0.1, -0.05) is 25.3 Å². The minimum atomic E-state index is -0.344. The standard InChI is InChI=1S/C15H20N4O/c16-11-7-4-8-12-14(11)18-15(19(12)9-13(17)20)10-5-2-1-3-6-10/h4,7-8,10H,1-3,5-6,9,16H2,(H2,17,20). The molecule has 2 aromatic rings. The third-order valence-corrected chi connectivity index (χ3v) is 4.12. The van der Waals surface area contributed by atoms with Crippen molar-refractivity contribution >= 4 is 22.6 Å². The molecule has 5 nitrogen and oxygen atoms in total. The average molecular weight is 272 g/mol. The maximum absolute atomic E-state index is 11.4. The summed E-state index contributed by atoms with van der Waals surface area (Å²) in [5, 5.41) is 0. The second kappa shape index (κ2) is 5.15. The molecule has 5 heteroatoms. The number of carbonyl (C=O) groups excluding carboxylic acids is 1. The van der Waals surface area contributed by atoms with E-state index < -0.39 is 0 Å². The summed E-state index contributed by atoms with van der Waals surface area (Å²) in [6.07, 6.45) is 5.98. The average Bonchev–Trinajstić information content (AvgIpc) is 2.80. The van der Waals surface area contributed by atoms with Crippen LogP contribution in [0.2, 0.25) is 0 Å². The summed E-state index contributed by atoms with van der Waals surface area (Å²) < 4.78 is 1.95. The minimum absolute atomic E-state index is 0.172. The minimum Gasteiger partial charge on any atom is -0.397 e. The summed E-state index contributed by atoms with van der Waals surface area (Å²) >= 11 is 0. The molecule has 0 unspecified atom stereocenters. The normalized spacial score (nSPS) is 16.6. The number of hydrogen-bond acceptors (Lipinski definition) is 3. The summed E-state index contributed by atoms with van der Waals surface area (Å²) in [4.78, 5) is 16.1. The molecule has 0 bridgehead atoms. The molecular weight excluding hydrogens is 252 g/mol. The molecule has 1 amide bonds. The predicted octanol–water partition coefficient (Wildman–Crippen LogP) is 2.15. The summed E-state index contributed by atoms with van der Waals surface area (Å²) in [5.41, 5.74) is 13.7. The van der Waals surface area contributed by atoms with Crippen LogP contribution in [-0.4, -0.2) is 15.5 Å². The van der Waals surface area contributed by atoms with E-state index in [1.54, 1.807) is 0 Å². The summed E-state index contributed by atoms with van der Waals surface area (Å²) in [6, 6.07) is 5.68. The second-order valence-corrected chi connectivity index (χ2v) is 5.57. The van der Waals surface area contributed by atoms with E-state index in [2.05, 4.69) is 0 Å². The number of nitrogen functional groups attached to an aromatic ring is 1. The molecule has 1 fully saturated rings. The number of amides is 1. The van der Waals surface area contributed by atoms with Crippen LogP contribution in [0.3, 0.4) is 0 Å². The van der Waals surface area contributed by atoms with Gasteiger partial charge in [-0.15, -0.1) is 0 Å². The van der Waals surface area contributed by atoms with Gasteiger partial charge in [0.1, 0.15) is 17.9 Å². The predicted molar refractivity (Wildman–Crippen MR) is 79.2 cm³/mol. The van der Waals surface area contributed by atoms with Gasteiger partial charge in [0.05, 0.1) is 11.2 Å². The molecule has 3 rings (SSSR count). The van der Waals surface area contributed by atoms with Crippen LogP contribution in [0.15, 0.2) is 18.2 Å². The molecule has 20 heavy (non-hydrogen) atoms. The van der Waals surface area contributed by atoms with Gasteiger partial charge in [0.25, 0.3) is 0 Å². The van der Waals surface area contributed by atoms with Crippen molar-refractivity contribution in [2.45, 2.75) is 44.6 Å². The molecular formula is C15H20N4O. The number of carbonyl (C=O) groups is 1. The Hall–Kier alpha value is -2.04. The van der Waals surface area contributed by atoms with Gasteiger partial charge in [0.2, 0.25) is 5.91 Å². The highest BCUT2D eigenvalue weighted by Gasteiger charge is 2.23. The van der Waals surface area contributed by atoms with Crippen molar-refractivity contribution < 1.29 is 4.79 Å². The number of imidazole rings is 1. The molecule has 1 aromatic carbocycles. The van der Waals surface area contributed by atoms with Crippen LogP contribution in [0.1, 0.15) is 43.8 Å². The van der Waals surface area contributed by atoms with E-state index in [1.807, 2.05) is 22.8 Å². The van der Waals surface area contributed by atoms with Crippen molar-refractivity contribution in [2.24, 2.45) is 5.73 Å². The van der Waals surface area contributed by atoms with Crippen molar-refractivity contribution in [2.75, 3.05) is 5.73 Å². The highest BCUT2D eigenvalue weighted by atomic mass is 16.1. The molecule has 4 N–H and O–H groups in total. The van der Waals surface area contributed by atoms with E-state index in [4.69, 9.17) is 16.5 Å². The number of rotatable bonds is 3. The number of hydrogen-bond donors (Lipinski definition) is 2. The van der Waals surface area contributed by atoms with Gasteiger partial charge in [-0.3, -0.25) is 4.79 Å². The Labute approximate surface area is 118 Å². The van der Waals surface area contributed by atoms with Gasteiger partial charge in [0, 0.05) is 5.92 Å². The number of nitrogens with two attached hydrogens (primary N) is 2. The Morgan fingerprint density at radius 2 is 2.05 bits per heavy atom. The van der Waals surface area contributed by atoms with Crippen LogP contribution in [0.4, 0.5) is 5.69 Å². The lowest BCUT2D eigenvalue weighted by atomic mass is 9.88. The number of primary amides is 1. The van der Waals surface area contributed by atoms with Crippen LogP contribution >= 0.6 is 0 Å². The van der Waals surface area contributed by atoms with Gasteiger partial charge in [-0.25, -0.2) is 4.98 Å². The molecule has 1 aliphatic rings. The van der Waals surface area contributed by atoms with Gasteiger partial charge in [-0.2, -0.15) is 0 Å². The number of para-hydroxylation sites is 1. The lowest BCUT2D eigenvalue weighted by molar-refractivity contribution is -0.118. The van der Waals surface area contributed by atoms with Crippen molar-refractivity contribution in [3.63, 3.8) is 0 Å². The Bertz CT molecular complexity index is 641. The molecule has 0 aliphatic heterocycles. The monoisotopic (exact) mass is 272 g/mol. The fraction of sp³-hybridized carbons (Fsp3) is 0.467. The van der Waals surface area contributed by atoms with E-state index in [1.165, 1.54) is 19.3 Å². The number of fused-ring (bicyclic) bond motifs is 1. The first-order valence-corrected chi connectivity index (χ1v) is 7.19. The van der Waals surface area contributed by atoms with E-state index in [-0.39, 0.29) is 12.5 Å². The Balaban J connectivity index is 2.13. The fourth-order valence-electron chi connectivity index (χ4n) is 3.18. The number of nitrogens with zero attached hydrogens (tertiary/aromatic N) is 2. The Morgan fingerprint density at radius 3 is 2.75 bits per heavy atom. The van der Waals surface area contributed by atoms with E-state index >= 15 is 0 Å². The molecule has 1 heterocycles. The largest absolute Gasteiger partial charge is 0.397 e. The number of anilines is 1. The summed E-state index contributed by atoms with van der Waals surface area (Å²) in [7, 11) is 0. The maximum Gasteiger partial charge on any atom is 0.237 e. The highest BCUT2D eigenvalue weighted by molar-refractivity contribution is 5.89. The van der Waals surface area contributed by atoms with E-state index in [9.17, 15) is 4.79 Å².